The second-order valence-corrected chi connectivity index (χ2v) is 4.96. The van der Waals surface area contributed by atoms with Crippen LogP contribution in [0.5, 0.6) is 5.75 Å². The van der Waals surface area contributed by atoms with Crippen LogP contribution in [0.3, 0.4) is 0 Å². The maximum Gasteiger partial charge on any atom is 0.261 e. The normalized spacial score (nSPS) is 10.2. The van der Waals surface area contributed by atoms with Gasteiger partial charge in [-0.3, -0.25) is 4.79 Å². The summed E-state index contributed by atoms with van der Waals surface area (Å²) < 4.78 is 5.11. The first kappa shape index (κ1) is 13.6. The van der Waals surface area contributed by atoms with E-state index in [-0.39, 0.29) is 19.1 Å². The van der Waals surface area contributed by atoms with Crippen LogP contribution in [0.2, 0.25) is 0 Å². The summed E-state index contributed by atoms with van der Waals surface area (Å²) in [6, 6.07) is 11.4. The van der Waals surface area contributed by atoms with Gasteiger partial charge in [0.2, 0.25) is 0 Å². The number of ether oxygens (including phenoxy) is 1. The van der Waals surface area contributed by atoms with E-state index in [1.807, 2.05) is 30.3 Å². The predicted octanol–water partition coefficient (Wildman–Crippen LogP) is 2.15. The summed E-state index contributed by atoms with van der Waals surface area (Å²) in [5.41, 5.74) is 1.05. The third-order valence-corrected chi connectivity index (χ3v) is 3.73. The standard InChI is InChI=1S/C14H15NO3S/c1-18-11-4-2-10(3-5-11)12-6-7-13(19-12)14(17)15-8-9-16/h2-7,16H,8-9H2,1H3,(H,15,17). The fourth-order valence-electron chi connectivity index (χ4n) is 1.63. The summed E-state index contributed by atoms with van der Waals surface area (Å²) in [5.74, 6) is 0.653. The van der Waals surface area contributed by atoms with Crippen LogP contribution in [-0.2, 0) is 0 Å². The van der Waals surface area contributed by atoms with Gasteiger partial charge in [-0.15, -0.1) is 11.3 Å². The zero-order chi connectivity index (χ0) is 13.7. The first-order valence-electron chi connectivity index (χ1n) is 5.88. The SMILES string of the molecule is COc1ccc(-c2ccc(C(=O)NCCO)s2)cc1. The van der Waals surface area contributed by atoms with E-state index in [1.54, 1.807) is 13.2 Å². The Morgan fingerprint density at radius 3 is 2.63 bits per heavy atom. The Morgan fingerprint density at radius 2 is 2.00 bits per heavy atom. The molecular weight excluding hydrogens is 262 g/mol. The molecule has 1 heterocycles. The minimum atomic E-state index is -0.154. The molecule has 0 radical (unpaired) electrons. The van der Waals surface area contributed by atoms with Gasteiger partial charge in [0.25, 0.3) is 5.91 Å². The molecule has 0 unspecified atom stereocenters. The van der Waals surface area contributed by atoms with Crippen molar-refractivity contribution in [2.24, 2.45) is 0 Å². The highest BCUT2D eigenvalue weighted by Gasteiger charge is 2.09. The van der Waals surface area contributed by atoms with E-state index >= 15 is 0 Å². The van der Waals surface area contributed by atoms with E-state index in [9.17, 15) is 4.79 Å². The molecule has 1 aromatic carbocycles. The molecule has 2 N–H and O–H groups in total. The molecule has 0 atom stereocenters. The number of carbonyl (C=O) groups excluding carboxylic acids is 1. The summed E-state index contributed by atoms with van der Waals surface area (Å²) in [7, 11) is 1.63. The molecule has 1 aromatic heterocycles. The summed E-state index contributed by atoms with van der Waals surface area (Å²) in [4.78, 5) is 13.4. The van der Waals surface area contributed by atoms with Gasteiger partial charge >= 0.3 is 0 Å². The monoisotopic (exact) mass is 277 g/mol. The van der Waals surface area contributed by atoms with E-state index in [2.05, 4.69) is 5.32 Å². The minimum absolute atomic E-state index is 0.0531. The predicted molar refractivity (Wildman–Crippen MR) is 75.7 cm³/mol. The van der Waals surface area contributed by atoms with E-state index in [1.165, 1.54) is 11.3 Å². The van der Waals surface area contributed by atoms with Gasteiger partial charge in [-0.05, 0) is 42.0 Å². The van der Waals surface area contributed by atoms with Gasteiger partial charge in [-0.2, -0.15) is 0 Å². The van der Waals surface area contributed by atoms with Crippen molar-refractivity contribution in [1.82, 2.24) is 5.32 Å². The van der Waals surface area contributed by atoms with Gasteiger partial charge in [0.05, 0.1) is 18.6 Å². The largest absolute Gasteiger partial charge is 0.497 e. The number of aliphatic hydroxyl groups excluding tert-OH is 1. The number of amides is 1. The van der Waals surface area contributed by atoms with Crippen molar-refractivity contribution in [2.45, 2.75) is 0 Å². The van der Waals surface area contributed by atoms with Crippen molar-refractivity contribution in [3.05, 3.63) is 41.3 Å². The van der Waals surface area contributed by atoms with E-state index < -0.39 is 0 Å². The molecular formula is C14H15NO3S. The lowest BCUT2D eigenvalue weighted by atomic mass is 10.2. The van der Waals surface area contributed by atoms with Crippen LogP contribution in [0.25, 0.3) is 10.4 Å². The summed E-state index contributed by atoms with van der Waals surface area (Å²) in [6.07, 6.45) is 0. The van der Waals surface area contributed by atoms with Gasteiger partial charge in [-0.1, -0.05) is 0 Å². The molecule has 0 fully saturated rings. The Kier molecular flexibility index (Phi) is 4.54. The molecule has 100 valence electrons. The van der Waals surface area contributed by atoms with Crippen molar-refractivity contribution in [2.75, 3.05) is 20.3 Å². The summed E-state index contributed by atoms with van der Waals surface area (Å²) in [5, 5.41) is 11.3. The molecule has 0 aliphatic heterocycles. The Morgan fingerprint density at radius 1 is 1.26 bits per heavy atom. The first-order valence-corrected chi connectivity index (χ1v) is 6.69. The highest BCUT2D eigenvalue weighted by atomic mass is 32.1. The van der Waals surface area contributed by atoms with Gasteiger partial charge in [0, 0.05) is 11.4 Å². The lowest BCUT2D eigenvalue weighted by molar-refractivity contribution is 0.0949. The number of methoxy groups -OCH3 is 1. The number of hydrogen-bond acceptors (Lipinski definition) is 4. The molecule has 0 spiro atoms. The number of rotatable bonds is 5. The first-order chi connectivity index (χ1) is 9.24. The zero-order valence-corrected chi connectivity index (χ0v) is 11.4. The molecule has 2 rings (SSSR count). The summed E-state index contributed by atoms with van der Waals surface area (Å²) >= 11 is 1.42. The van der Waals surface area contributed by atoms with Crippen LogP contribution in [0.1, 0.15) is 9.67 Å². The van der Waals surface area contributed by atoms with Crippen molar-refractivity contribution in [3.63, 3.8) is 0 Å². The second-order valence-electron chi connectivity index (χ2n) is 3.87. The number of hydrogen-bond donors (Lipinski definition) is 2. The average Bonchev–Trinajstić information content (AvgIpc) is 2.94. The third-order valence-electron chi connectivity index (χ3n) is 2.60. The summed E-state index contributed by atoms with van der Waals surface area (Å²) in [6.45, 7) is 0.219. The Hall–Kier alpha value is -1.85. The van der Waals surface area contributed by atoms with Crippen molar-refractivity contribution >= 4 is 17.2 Å². The molecule has 19 heavy (non-hydrogen) atoms. The van der Waals surface area contributed by atoms with Crippen LogP contribution in [-0.4, -0.2) is 31.3 Å². The van der Waals surface area contributed by atoms with E-state index in [0.29, 0.717) is 4.88 Å². The van der Waals surface area contributed by atoms with Crippen molar-refractivity contribution in [1.29, 1.82) is 0 Å². The van der Waals surface area contributed by atoms with Crippen LogP contribution >= 0.6 is 11.3 Å². The van der Waals surface area contributed by atoms with E-state index in [4.69, 9.17) is 9.84 Å². The average molecular weight is 277 g/mol. The van der Waals surface area contributed by atoms with Gasteiger partial charge in [-0.25, -0.2) is 0 Å². The molecule has 4 nitrogen and oxygen atoms in total. The number of carbonyl (C=O) groups is 1. The van der Waals surface area contributed by atoms with Crippen LogP contribution in [0.4, 0.5) is 0 Å². The van der Waals surface area contributed by atoms with Crippen LogP contribution < -0.4 is 10.1 Å². The molecule has 0 aliphatic rings. The highest BCUT2D eigenvalue weighted by molar-refractivity contribution is 7.17. The molecule has 5 heteroatoms. The maximum absolute atomic E-state index is 11.7. The lowest BCUT2D eigenvalue weighted by Gasteiger charge is -2.01. The van der Waals surface area contributed by atoms with Crippen molar-refractivity contribution < 1.29 is 14.6 Å². The quantitative estimate of drug-likeness (QED) is 0.880. The minimum Gasteiger partial charge on any atom is -0.497 e. The van der Waals surface area contributed by atoms with Gasteiger partial charge in [0.15, 0.2) is 0 Å². The smallest absolute Gasteiger partial charge is 0.261 e. The maximum atomic E-state index is 11.7. The van der Waals surface area contributed by atoms with Crippen molar-refractivity contribution in [3.8, 4) is 16.2 Å². The fraction of sp³-hybridized carbons (Fsp3) is 0.214. The fourth-order valence-corrected chi connectivity index (χ4v) is 2.55. The number of nitrogens with one attached hydrogen (secondary N) is 1. The molecule has 0 bridgehead atoms. The Balaban J connectivity index is 2.13. The lowest BCUT2D eigenvalue weighted by Crippen LogP contribution is -2.25. The molecule has 0 aliphatic carbocycles. The van der Waals surface area contributed by atoms with Gasteiger partial charge in [0.1, 0.15) is 5.75 Å². The number of benzene rings is 1. The Bertz CT molecular complexity index is 548. The van der Waals surface area contributed by atoms with Crippen LogP contribution in [0, 0.1) is 0 Å². The third kappa shape index (κ3) is 3.33. The zero-order valence-electron chi connectivity index (χ0n) is 10.6. The highest BCUT2D eigenvalue weighted by Crippen LogP contribution is 2.29. The number of thiophene rings is 1. The number of aliphatic hydroxyl groups is 1. The Labute approximate surface area is 115 Å². The second kappa shape index (κ2) is 6.36. The molecule has 2 aromatic rings. The topological polar surface area (TPSA) is 58.6 Å². The van der Waals surface area contributed by atoms with E-state index in [0.717, 1.165) is 16.2 Å². The van der Waals surface area contributed by atoms with Gasteiger partial charge < -0.3 is 15.2 Å². The molecule has 0 saturated carbocycles. The molecule has 1 amide bonds. The van der Waals surface area contributed by atoms with Crippen LogP contribution in [0.15, 0.2) is 36.4 Å². The molecule has 0 saturated heterocycles.